The highest BCUT2D eigenvalue weighted by atomic mass is 16.6. The first kappa shape index (κ1) is 19.9. The quantitative estimate of drug-likeness (QED) is 0.793. The lowest BCUT2D eigenvalue weighted by Gasteiger charge is -2.23. The number of carbonyl (C=O) groups is 2. The van der Waals surface area contributed by atoms with Gasteiger partial charge in [-0.15, -0.1) is 0 Å². The van der Waals surface area contributed by atoms with E-state index < -0.39 is 23.7 Å². The molecule has 0 bridgehead atoms. The number of ether oxygens (including phenoxy) is 2. The number of carbonyl (C=O) groups excluding carboxylic acids is 1. The number of amides is 1. The highest BCUT2D eigenvalue weighted by Crippen LogP contribution is 2.44. The van der Waals surface area contributed by atoms with Crippen LogP contribution in [0.4, 0.5) is 4.79 Å². The van der Waals surface area contributed by atoms with Crippen LogP contribution >= 0.6 is 0 Å². The Balaban J connectivity index is 1.65. The first-order chi connectivity index (χ1) is 13.3. The summed E-state index contributed by atoms with van der Waals surface area (Å²) >= 11 is 0. The summed E-state index contributed by atoms with van der Waals surface area (Å²) in [4.78, 5) is 23.6. The maximum absolute atomic E-state index is 12.2. The molecule has 1 aliphatic carbocycles. The van der Waals surface area contributed by atoms with E-state index in [0.717, 1.165) is 22.3 Å². The normalized spacial score (nSPS) is 14.1. The summed E-state index contributed by atoms with van der Waals surface area (Å²) < 4.78 is 10.9. The second kappa shape index (κ2) is 8.02. The van der Waals surface area contributed by atoms with Crippen LogP contribution in [-0.2, 0) is 14.3 Å². The van der Waals surface area contributed by atoms with Gasteiger partial charge < -0.3 is 19.9 Å². The monoisotopic (exact) mass is 383 g/mol. The first-order valence-electron chi connectivity index (χ1n) is 9.24. The summed E-state index contributed by atoms with van der Waals surface area (Å²) in [5.74, 6) is -1.25. The molecule has 6 heteroatoms. The number of alkyl carbamates (subject to hydrolysis) is 1. The molecule has 1 atom stereocenters. The van der Waals surface area contributed by atoms with Crippen LogP contribution in [0.1, 0.15) is 37.8 Å². The van der Waals surface area contributed by atoms with Crippen LogP contribution in [0, 0.1) is 0 Å². The second-order valence-electron chi connectivity index (χ2n) is 7.78. The third-order valence-electron chi connectivity index (χ3n) is 4.62. The average Bonchev–Trinajstić information content (AvgIpc) is 2.96. The Morgan fingerprint density at radius 2 is 1.57 bits per heavy atom. The lowest BCUT2D eigenvalue weighted by atomic mass is 9.98. The fourth-order valence-corrected chi connectivity index (χ4v) is 3.29. The van der Waals surface area contributed by atoms with Crippen molar-refractivity contribution in [3.05, 3.63) is 59.7 Å². The Morgan fingerprint density at radius 3 is 2.07 bits per heavy atom. The zero-order valence-electron chi connectivity index (χ0n) is 16.3. The van der Waals surface area contributed by atoms with Gasteiger partial charge in [-0.2, -0.15) is 0 Å². The Bertz CT molecular complexity index is 826. The molecule has 0 fully saturated rings. The van der Waals surface area contributed by atoms with E-state index in [1.165, 1.54) is 0 Å². The van der Waals surface area contributed by atoms with Crippen molar-refractivity contribution in [2.75, 3.05) is 13.2 Å². The Labute approximate surface area is 164 Å². The van der Waals surface area contributed by atoms with Crippen LogP contribution in [0.5, 0.6) is 0 Å². The molecule has 148 valence electrons. The SMILES string of the molecule is CC(C)(C)OCC(NC(=O)OCC1c2ccccc2-c2ccccc21)C(=O)O. The highest BCUT2D eigenvalue weighted by molar-refractivity contribution is 5.81. The number of hydrogen-bond donors (Lipinski definition) is 2. The third-order valence-corrected chi connectivity index (χ3v) is 4.62. The Kier molecular flexibility index (Phi) is 5.70. The van der Waals surface area contributed by atoms with Crippen molar-refractivity contribution < 1.29 is 24.2 Å². The molecule has 0 spiro atoms. The van der Waals surface area contributed by atoms with Gasteiger partial charge >= 0.3 is 12.1 Å². The highest BCUT2D eigenvalue weighted by Gasteiger charge is 2.30. The summed E-state index contributed by atoms with van der Waals surface area (Å²) in [5, 5.41) is 11.7. The fraction of sp³-hybridized carbons (Fsp3) is 0.364. The van der Waals surface area contributed by atoms with Crippen LogP contribution in [0.15, 0.2) is 48.5 Å². The molecular formula is C22H25NO5. The van der Waals surface area contributed by atoms with E-state index in [2.05, 4.69) is 17.4 Å². The van der Waals surface area contributed by atoms with Crippen molar-refractivity contribution >= 4 is 12.1 Å². The van der Waals surface area contributed by atoms with E-state index in [-0.39, 0.29) is 19.1 Å². The molecule has 0 aromatic heterocycles. The predicted molar refractivity (Wildman–Crippen MR) is 105 cm³/mol. The standard InChI is InChI=1S/C22H25NO5/c1-22(2,3)28-13-19(20(24)25)23-21(26)27-12-18-16-10-6-4-8-14(16)15-9-5-7-11-17(15)18/h4-11,18-19H,12-13H2,1-3H3,(H,23,26)(H,24,25). The van der Waals surface area contributed by atoms with Gasteiger partial charge in [0.05, 0.1) is 12.2 Å². The Hall–Kier alpha value is -2.86. The smallest absolute Gasteiger partial charge is 0.407 e. The van der Waals surface area contributed by atoms with Crippen molar-refractivity contribution in [3.8, 4) is 11.1 Å². The number of nitrogens with one attached hydrogen (secondary N) is 1. The van der Waals surface area contributed by atoms with Gasteiger partial charge in [0, 0.05) is 5.92 Å². The minimum atomic E-state index is -1.17. The maximum atomic E-state index is 12.2. The van der Waals surface area contributed by atoms with E-state index in [1.807, 2.05) is 57.2 Å². The van der Waals surface area contributed by atoms with Gasteiger partial charge in [-0.25, -0.2) is 9.59 Å². The van der Waals surface area contributed by atoms with Crippen molar-refractivity contribution in [1.82, 2.24) is 5.32 Å². The van der Waals surface area contributed by atoms with Crippen LogP contribution in [0.3, 0.4) is 0 Å². The van der Waals surface area contributed by atoms with Gasteiger partial charge in [-0.1, -0.05) is 48.5 Å². The molecule has 6 nitrogen and oxygen atoms in total. The first-order valence-corrected chi connectivity index (χ1v) is 9.24. The number of hydrogen-bond acceptors (Lipinski definition) is 4. The van der Waals surface area contributed by atoms with Crippen molar-refractivity contribution in [1.29, 1.82) is 0 Å². The van der Waals surface area contributed by atoms with Crippen LogP contribution in [0.2, 0.25) is 0 Å². The summed E-state index contributed by atoms with van der Waals surface area (Å²) in [6.45, 7) is 5.45. The van der Waals surface area contributed by atoms with E-state index in [4.69, 9.17) is 9.47 Å². The number of aliphatic carboxylic acids is 1. The van der Waals surface area contributed by atoms with Gasteiger partial charge in [0.1, 0.15) is 6.61 Å². The van der Waals surface area contributed by atoms with Crippen LogP contribution in [-0.4, -0.2) is 42.0 Å². The fourth-order valence-electron chi connectivity index (χ4n) is 3.29. The molecule has 2 N–H and O–H groups in total. The Morgan fingerprint density at radius 1 is 1.04 bits per heavy atom. The molecule has 0 aliphatic heterocycles. The van der Waals surface area contributed by atoms with E-state index in [0.29, 0.717) is 0 Å². The number of carboxylic acid groups (broad SMARTS) is 1. The number of carboxylic acids is 1. The molecule has 1 aliphatic rings. The van der Waals surface area contributed by atoms with Crippen molar-refractivity contribution in [3.63, 3.8) is 0 Å². The molecule has 0 radical (unpaired) electrons. The molecule has 0 heterocycles. The molecule has 1 unspecified atom stereocenters. The topological polar surface area (TPSA) is 84.9 Å². The average molecular weight is 383 g/mol. The maximum Gasteiger partial charge on any atom is 0.407 e. The minimum absolute atomic E-state index is 0.0766. The number of rotatable bonds is 6. The van der Waals surface area contributed by atoms with Crippen LogP contribution < -0.4 is 5.32 Å². The molecule has 3 rings (SSSR count). The van der Waals surface area contributed by atoms with E-state index >= 15 is 0 Å². The van der Waals surface area contributed by atoms with Gasteiger partial charge in [-0.05, 0) is 43.0 Å². The zero-order chi connectivity index (χ0) is 20.3. The third kappa shape index (κ3) is 4.51. The molecule has 28 heavy (non-hydrogen) atoms. The lowest BCUT2D eigenvalue weighted by Crippen LogP contribution is -2.45. The van der Waals surface area contributed by atoms with Crippen LogP contribution in [0.25, 0.3) is 11.1 Å². The predicted octanol–water partition coefficient (Wildman–Crippen LogP) is 3.79. The summed E-state index contributed by atoms with van der Waals surface area (Å²) in [6, 6.07) is 14.9. The van der Waals surface area contributed by atoms with Gasteiger partial charge in [0.15, 0.2) is 6.04 Å². The molecule has 0 saturated carbocycles. The van der Waals surface area contributed by atoms with Crippen molar-refractivity contribution in [2.24, 2.45) is 0 Å². The molecule has 0 saturated heterocycles. The number of fused-ring (bicyclic) bond motifs is 3. The largest absolute Gasteiger partial charge is 0.480 e. The molecule has 1 amide bonds. The summed E-state index contributed by atoms with van der Waals surface area (Å²) in [6.07, 6.45) is -0.772. The van der Waals surface area contributed by atoms with Crippen molar-refractivity contribution in [2.45, 2.75) is 38.3 Å². The van der Waals surface area contributed by atoms with Gasteiger partial charge in [-0.3, -0.25) is 0 Å². The lowest BCUT2D eigenvalue weighted by molar-refractivity contribution is -0.142. The zero-order valence-corrected chi connectivity index (χ0v) is 16.3. The van der Waals surface area contributed by atoms with E-state index in [9.17, 15) is 14.7 Å². The molecule has 2 aromatic rings. The van der Waals surface area contributed by atoms with E-state index in [1.54, 1.807) is 0 Å². The minimum Gasteiger partial charge on any atom is -0.480 e. The number of benzene rings is 2. The van der Waals surface area contributed by atoms with Gasteiger partial charge in [0.25, 0.3) is 0 Å². The van der Waals surface area contributed by atoms with Gasteiger partial charge in [0.2, 0.25) is 0 Å². The summed E-state index contributed by atoms with van der Waals surface area (Å²) in [5.41, 5.74) is 3.96. The second-order valence-corrected chi connectivity index (χ2v) is 7.78. The molecular weight excluding hydrogens is 358 g/mol. The summed E-state index contributed by atoms with van der Waals surface area (Å²) in [7, 11) is 0. The molecule has 2 aromatic carbocycles.